The number of ketones is 1. The van der Waals surface area contributed by atoms with Crippen molar-refractivity contribution in [3.63, 3.8) is 0 Å². The molecular formula is C27H26N2OS2. The number of benzene rings is 2. The molecule has 162 valence electrons. The molecule has 5 rings (SSSR count). The summed E-state index contributed by atoms with van der Waals surface area (Å²) < 4.78 is 0. The highest BCUT2D eigenvalue weighted by Gasteiger charge is 2.26. The summed E-state index contributed by atoms with van der Waals surface area (Å²) in [4.78, 5) is 20.2. The van der Waals surface area contributed by atoms with E-state index in [9.17, 15) is 4.79 Å². The Hall–Kier alpha value is -2.63. The summed E-state index contributed by atoms with van der Waals surface area (Å²) in [6.07, 6.45) is 9.92. The quantitative estimate of drug-likeness (QED) is 0.453. The zero-order chi connectivity index (χ0) is 22.1. The maximum absolute atomic E-state index is 13.0. The minimum atomic E-state index is 0.186. The number of carbonyl (C=O) groups excluding carboxylic acids is 1. The summed E-state index contributed by atoms with van der Waals surface area (Å²) in [5.74, 6) is 0.186. The summed E-state index contributed by atoms with van der Waals surface area (Å²) in [6, 6.07) is 16.9. The molecule has 1 aliphatic carbocycles. The van der Waals surface area contributed by atoms with E-state index in [2.05, 4.69) is 84.3 Å². The Morgan fingerprint density at radius 3 is 1.59 bits per heavy atom. The van der Waals surface area contributed by atoms with Crippen LogP contribution < -0.4 is 9.80 Å². The van der Waals surface area contributed by atoms with Crippen LogP contribution in [0.4, 0.5) is 11.4 Å². The van der Waals surface area contributed by atoms with E-state index in [1.54, 1.807) is 23.5 Å². The Kier molecular flexibility index (Phi) is 6.03. The number of fused-ring (bicyclic) bond motifs is 2. The van der Waals surface area contributed by atoms with Gasteiger partial charge in [0.2, 0.25) is 0 Å². The van der Waals surface area contributed by atoms with E-state index in [1.807, 2.05) is 12.2 Å². The van der Waals surface area contributed by atoms with Gasteiger partial charge in [0.05, 0.1) is 21.4 Å². The van der Waals surface area contributed by atoms with E-state index in [1.165, 1.54) is 31.2 Å². The smallest absolute Gasteiger partial charge is 0.185 e. The molecule has 1 fully saturated rings. The van der Waals surface area contributed by atoms with Gasteiger partial charge in [-0.1, -0.05) is 59.9 Å². The molecule has 0 spiro atoms. The number of nitrogens with zero attached hydrogens (tertiary/aromatic N) is 2. The Bertz CT molecular complexity index is 1100. The minimum absolute atomic E-state index is 0.186. The van der Waals surface area contributed by atoms with Crippen LogP contribution in [0.5, 0.6) is 0 Å². The van der Waals surface area contributed by atoms with Gasteiger partial charge < -0.3 is 9.80 Å². The van der Waals surface area contributed by atoms with Crippen LogP contribution in [0.2, 0.25) is 0 Å². The van der Waals surface area contributed by atoms with Crippen LogP contribution in [0.3, 0.4) is 0 Å². The van der Waals surface area contributed by atoms with Crippen LogP contribution in [-0.4, -0.2) is 18.9 Å². The molecule has 0 unspecified atom stereocenters. The topological polar surface area (TPSA) is 23.6 Å². The van der Waals surface area contributed by atoms with E-state index in [0.29, 0.717) is 0 Å². The van der Waals surface area contributed by atoms with Crippen LogP contribution in [0, 0.1) is 0 Å². The third-order valence-corrected chi connectivity index (χ3v) is 8.27. The second kappa shape index (κ2) is 9.08. The van der Waals surface area contributed by atoms with Crippen molar-refractivity contribution in [3.05, 3.63) is 94.0 Å². The van der Waals surface area contributed by atoms with Gasteiger partial charge in [0.25, 0.3) is 0 Å². The predicted octanol–water partition coefficient (Wildman–Crippen LogP) is 7.15. The first-order valence-corrected chi connectivity index (χ1v) is 12.8. The van der Waals surface area contributed by atoms with Crippen LogP contribution in [0.1, 0.15) is 26.7 Å². The Morgan fingerprint density at radius 1 is 0.719 bits per heavy atom. The van der Waals surface area contributed by atoms with Gasteiger partial charge >= 0.3 is 0 Å². The summed E-state index contributed by atoms with van der Waals surface area (Å²) in [7, 11) is 0. The normalized spacial score (nSPS) is 22.6. The van der Waals surface area contributed by atoms with E-state index in [4.69, 9.17) is 0 Å². The lowest BCUT2D eigenvalue weighted by Gasteiger charge is -2.17. The molecule has 3 nitrogen and oxygen atoms in total. The van der Waals surface area contributed by atoms with Gasteiger partial charge in [-0.3, -0.25) is 4.79 Å². The first-order valence-electron chi connectivity index (χ1n) is 11.1. The molecule has 0 bridgehead atoms. The minimum Gasteiger partial charge on any atom is -0.335 e. The van der Waals surface area contributed by atoms with E-state index < -0.39 is 0 Å². The second-order valence-corrected chi connectivity index (χ2v) is 9.98. The predicted molar refractivity (Wildman–Crippen MR) is 137 cm³/mol. The number of carbonyl (C=O) groups is 1. The van der Waals surface area contributed by atoms with E-state index >= 15 is 0 Å². The summed E-state index contributed by atoms with van der Waals surface area (Å²) in [5.41, 5.74) is 4.32. The zero-order valence-corrected chi connectivity index (χ0v) is 20.0. The third kappa shape index (κ3) is 3.84. The molecule has 2 aromatic carbocycles. The summed E-state index contributed by atoms with van der Waals surface area (Å²) in [5, 5.41) is 2.37. The van der Waals surface area contributed by atoms with Gasteiger partial charge in [-0.05, 0) is 63.1 Å². The number of para-hydroxylation sites is 2. The van der Waals surface area contributed by atoms with Crippen LogP contribution in [0.15, 0.2) is 104 Å². The van der Waals surface area contributed by atoms with Crippen molar-refractivity contribution in [2.45, 2.75) is 36.5 Å². The molecule has 3 aliphatic rings. The van der Waals surface area contributed by atoms with Gasteiger partial charge in [0, 0.05) is 34.0 Å². The van der Waals surface area contributed by atoms with Gasteiger partial charge in [-0.15, -0.1) is 0 Å². The highest BCUT2D eigenvalue weighted by Crippen LogP contribution is 2.46. The fourth-order valence-electron chi connectivity index (χ4n) is 4.37. The number of rotatable bonds is 4. The molecule has 0 atom stereocenters. The fourth-order valence-corrected chi connectivity index (χ4v) is 6.63. The molecule has 32 heavy (non-hydrogen) atoms. The lowest BCUT2D eigenvalue weighted by molar-refractivity contribution is -0.111. The molecule has 0 aromatic heterocycles. The van der Waals surface area contributed by atoms with Crippen molar-refractivity contribution >= 4 is 40.7 Å². The maximum Gasteiger partial charge on any atom is 0.185 e. The Balaban J connectivity index is 1.33. The molecule has 2 aromatic rings. The highest BCUT2D eigenvalue weighted by molar-refractivity contribution is 8.04. The van der Waals surface area contributed by atoms with Crippen molar-refractivity contribution in [1.29, 1.82) is 0 Å². The number of Topliss-reactive ketones (excluding diaryl/α,β-unsaturated/α-hetero) is 1. The van der Waals surface area contributed by atoms with Crippen molar-refractivity contribution in [1.82, 2.24) is 0 Å². The number of thioether (sulfide) groups is 2. The van der Waals surface area contributed by atoms with E-state index in [-0.39, 0.29) is 5.78 Å². The molecule has 0 amide bonds. The summed E-state index contributed by atoms with van der Waals surface area (Å²) in [6.45, 7) is 6.16. The standard InChI is InChI=1S/C27H26N2OS2/c1-3-28-21-9-5-7-11-23(21)31-25(28)17-15-19-13-14-20(27(19)30)16-18-26-29(4-2)22-10-6-8-12-24(22)32-26/h5-12,15-18H,3-4,13-14H2,1-2H3. The molecule has 1 saturated carbocycles. The first-order chi connectivity index (χ1) is 15.7. The molecule has 0 saturated heterocycles. The number of allylic oxidation sites excluding steroid dienone is 6. The van der Waals surface area contributed by atoms with E-state index in [0.717, 1.165) is 37.1 Å². The number of hydrogen-bond donors (Lipinski definition) is 0. The average Bonchev–Trinajstić information content (AvgIpc) is 3.48. The lowest BCUT2D eigenvalue weighted by atomic mass is 10.1. The molecule has 2 aliphatic heterocycles. The molecular weight excluding hydrogens is 432 g/mol. The van der Waals surface area contributed by atoms with Crippen molar-refractivity contribution in [3.8, 4) is 0 Å². The van der Waals surface area contributed by atoms with Crippen molar-refractivity contribution in [2.24, 2.45) is 0 Å². The van der Waals surface area contributed by atoms with Gasteiger partial charge in [0.15, 0.2) is 5.78 Å². The monoisotopic (exact) mass is 458 g/mol. The number of hydrogen-bond acceptors (Lipinski definition) is 5. The molecule has 0 radical (unpaired) electrons. The Labute approximate surface area is 198 Å². The first kappa shape index (κ1) is 21.2. The summed E-state index contributed by atoms with van der Waals surface area (Å²) >= 11 is 3.55. The van der Waals surface area contributed by atoms with Gasteiger partial charge in [0.1, 0.15) is 0 Å². The number of anilines is 2. The SMILES string of the molecule is CCN1C(=CC=C2CCC(=CC=C3Sc4ccccc4N3CC)C2=O)Sc2ccccc21. The second-order valence-electron chi connectivity index (χ2n) is 7.85. The molecule has 2 heterocycles. The molecule has 5 heteroatoms. The van der Waals surface area contributed by atoms with Crippen LogP contribution >= 0.6 is 23.5 Å². The third-order valence-electron chi connectivity index (χ3n) is 6.01. The van der Waals surface area contributed by atoms with Crippen LogP contribution in [0.25, 0.3) is 0 Å². The highest BCUT2D eigenvalue weighted by atomic mass is 32.2. The fraction of sp³-hybridized carbons (Fsp3) is 0.222. The van der Waals surface area contributed by atoms with Crippen molar-refractivity contribution in [2.75, 3.05) is 22.9 Å². The lowest BCUT2D eigenvalue weighted by Crippen LogP contribution is -2.16. The Morgan fingerprint density at radius 2 is 1.16 bits per heavy atom. The average molecular weight is 459 g/mol. The van der Waals surface area contributed by atoms with Crippen molar-refractivity contribution < 1.29 is 4.79 Å². The largest absolute Gasteiger partial charge is 0.335 e. The van der Waals surface area contributed by atoms with Gasteiger partial charge in [-0.25, -0.2) is 0 Å². The zero-order valence-electron chi connectivity index (χ0n) is 18.4. The van der Waals surface area contributed by atoms with Gasteiger partial charge in [-0.2, -0.15) is 0 Å². The molecule has 0 N–H and O–H groups in total. The van der Waals surface area contributed by atoms with Crippen LogP contribution in [-0.2, 0) is 4.79 Å². The maximum atomic E-state index is 13.0.